The van der Waals surface area contributed by atoms with Crippen molar-refractivity contribution >= 4 is 17.8 Å². The highest BCUT2D eigenvalue weighted by molar-refractivity contribution is 6.09. The van der Waals surface area contributed by atoms with Crippen molar-refractivity contribution in [2.75, 3.05) is 13.6 Å². The number of amides is 4. The van der Waals surface area contributed by atoms with Crippen molar-refractivity contribution in [2.24, 2.45) is 0 Å². The molecule has 1 N–H and O–H groups in total. The second-order valence-electron chi connectivity index (χ2n) is 7.23. The van der Waals surface area contributed by atoms with Crippen LogP contribution in [0.25, 0.3) is 0 Å². The number of likely N-dealkylation sites (N-methyl/N-ethyl adjacent to an activating group) is 1. The topological polar surface area (TPSA) is 69.7 Å². The van der Waals surface area contributed by atoms with E-state index in [2.05, 4.69) is 5.32 Å². The summed E-state index contributed by atoms with van der Waals surface area (Å²) in [5.74, 6) is -1.25. The first-order valence-electron chi connectivity index (χ1n) is 9.12. The average Bonchev–Trinajstić information content (AvgIpc) is 3.17. The Morgan fingerprint density at radius 1 is 1.18 bits per heavy atom. The lowest BCUT2D eigenvalue weighted by Crippen LogP contribution is -2.44. The van der Waals surface area contributed by atoms with E-state index in [0.29, 0.717) is 18.4 Å². The summed E-state index contributed by atoms with van der Waals surface area (Å²) < 4.78 is 13.8. The van der Waals surface area contributed by atoms with Crippen LogP contribution in [0.2, 0.25) is 0 Å². The van der Waals surface area contributed by atoms with Gasteiger partial charge in [-0.05, 0) is 30.0 Å². The van der Waals surface area contributed by atoms with Gasteiger partial charge in [0.1, 0.15) is 17.9 Å². The van der Waals surface area contributed by atoms with Crippen molar-refractivity contribution in [1.29, 1.82) is 0 Å². The zero-order valence-corrected chi connectivity index (χ0v) is 15.4. The van der Waals surface area contributed by atoms with Gasteiger partial charge in [0, 0.05) is 19.2 Å². The highest BCUT2D eigenvalue weighted by atomic mass is 19.1. The molecule has 2 aliphatic rings. The molecule has 144 valence electrons. The maximum Gasteiger partial charge on any atom is 0.325 e. The van der Waals surface area contributed by atoms with Crippen LogP contribution in [-0.2, 0) is 28.1 Å². The molecule has 28 heavy (non-hydrogen) atoms. The predicted molar refractivity (Wildman–Crippen MR) is 99.6 cm³/mol. The number of rotatable bonds is 4. The van der Waals surface area contributed by atoms with Gasteiger partial charge in [-0.3, -0.25) is 14.5 Å². The van der Waals surface area contributed by atoms with Crippen LogP contribution in [-0.4, -0.2) is 41.2 Å². The smallest absolute Gasteiger partial charge is 0.325 e. The Morgan fingerprint density at radius 2 is 1.89 bits per heavy atom. The normalized spacial score (nSPS) is 20.4. The third-order valence-electron chi connectivity index (χ3n) is 5.51. The van der Waals surface area contributed by atoms with Gasteiger partial charge >= 0.3 is 6.03 Å². The summed E-state index contributed by atoms with van der Waals surface area (Å²) in [6.45, 7) is -0.317. The molecule has 0 radical (unpaired) electrons. The maximum atomic E-state index is 13.8. The highest BCUT2D eigenvalue weighted by Gasteiger charge is 2.55. The highest BCUT2D eigenvalue weighted by Crippen LogP contribution is 2.41. The SMILES string of the molecule is CN(Cc1ccccc1F)C(=O)CN1C(=O)NC2(CCc3ccccc32)C1=O. The van der Waals surface area contributed by atoms with E-state index < -0.39 is 29.2 Å². The molecule has 7 heteroatoms. The lowest BCUT2D eigenvalue weighted by Gasteiger charge is -2.23. The number of carbonyl (C=O) groups excluding carboxylic acids is 3. The average molecular weight is 381 g/mol. The number of imide groups is 1. The number of hydrogen-bond donors (Lipinski definition) is 1. The second-order valence-corrected chi connectivity index (χ2v) is 7.23. The minimum atomic E-state index is -1.09. The van der Waals surface area contributed by atoms with Crippen LogP contribution in [0.15, 0.2) is 48.5 Å². The van der Waals surface area contributed by atoms with Gasteiger partial charge in [0.25, 0.3) is 5.91 Å². The van der Waals surface area contributed by atoms with Gasteiger partial charge in [0.15, 0.2) is 0 Å². The molecule has 2 aromatic rings. The van der Waals surface area contributed by atoms with Gasteiger partial charge in [0.2, 0.25) is 5.91 Å². The van der Waals surface area contributed by atoms with Gasteiger partial charge < -0.3 is 10.2 Å². The standard InChI is InChI=1S/C21H20FN3O3/c1-24(12-15-7-3-5-9-17(15)22)18(26)13-25-19(27)21(23-20(25)28)11-10-14-6-2-4-8-16(14)21/h2-9H,10-13H2,1H3,(H,23,28). The fraction of sp³-hybridized carbons (Fsp3) is 0.286. The summed E-state index contributed by atoms with van der Waals surface area (Å²) in [7, 11) is 1.52. The Balaban J connectivity index is 1.50. The van der Waals surface area contributed by atoms with Crippen LogP contribution in [0.1, 0.15) is 23.1 Å². The number of urea groups is 1. The second kappa shape index (κ2) is 6.74. The molecule has 1 atom stereocenters. The van der Waals surface area contributed by atoms with Crippen LogP contribution in [0, 0.1) is 5.82 Å². The molecule has 1 saturated heterocycles. The van der Waals surface area contributed by atoms with E-state index in [4.69, 9.17) is 0 Å². The number of nitrogens with zero attached hydrogens (tertiary/aromatic N) is 2. The molecule has 1 unspecified atom stereocenters. The molecule has 0 aromatic heterocycles. The summed E-state index contributed by atoms with van der Waals surface area (Å²) in [4.78, 5) is 40.4. The fourth-order valence-electron chi connectivity index (χ4n) is 3.96. The molecule has 4 amide bonds. The predicted octanol–water partition coefficient (Wildman–Crippen LogP) is 2.18. The summed E-state index contributed by atoms with van der Waals surface area (Å²) in [5, 5.41) is 2.80. The molecular weight excluding hydrogens is 361 g/mol. The Hall–Kier alpha value is -3.22. The first-order chi connectivity index (χ1) is 13.4. The van der Waals surface area contributed by atoms with Crippen molar-refractivity contribution in [3.63, 3.8) is 0 Å². The largest absolute Gasteiger partial charge is 0.340 e. The fourth-order valence-corrected chi connectivity index (χ4v) is 3.96. The molecular formula is C21H20FN3O3. The van der Waals surface area contributed by atoms with Crippen LogP contribution >= 0.6 is 0 Å². The van der Waals surface area contributed by atoms with Crippen LogP contribution in [0.3, 0.4) is 0 Å². The van der Waals surface area contributed by atoms with Gasteiger partial charge in [-0.25, -0.2) is 9.18 Å². The molecule has 1 heterocycles. The van der Waals surface area contributed by atoms with Crippen molar-refractivity contribution in [3.8, 4) is 0 Å². The van der Waals surface area contributed by atoms with E-state index in [-0.39, 0.29) is 13.1 Å². The lowest BCUT2D eigenvalue weighted by atomic mass is 9.92. The molecule has 0 bridgehead atoms. The molecule has 6 nitrogen and oxygen atoms in total. The third kappa shape index (κ3) is 2.83. The number of carbonyl (C=O) groups is 3. The maximum absolute atomic E-state index is 13.8. The van der Waals surface area contributed by atoms with Crippen molar-refractivity contribution < 1.29 is 18.8 Å². The molecule has 2 aromatic carbocycles. The van der Waals surface area contributed by atoms with E-state index in [9.17, 15) is 18.8 Å². The summed E-state index contributed by atoms with van der Waals surface area (Å²) in [6, 6.07) is 13.1. The molecule has 1 aliphatic heterocycles. The van der Waals surface area contributed by atoms with E-state index in [1.807, 2.05) is 24.3 Å². The lowest BCUT2D eigenvalue weighted by molar-refractivity contribution is -0.138. The van der Waals surface area contributed by atoms with Gasteiger partial charge in [-0.15, -0.1) is 0 Å². The van der Waals surface area contributed by atoms with E-state index in [0.717, 1.165) is 16.0 Å². The van der Waals surface area contributed by atoms with Crippen molar-refractivity contribution in [1.82, 2.24) is 15.1 Å². The van der Waals surface area contributed by atoms with Crippen molar-refractivity contribution in [3.05, 3.63) is 71.0 Å². The summed E-state index contributed by atoms with van der Waals surface area (Å²) >= 11 is 0. The number of halogens is 1. The summed E-state index contributed by atoms with van der Waals surface area (Å²) in [6.07, 6.45) is 1.17. The molecule has 1 spiro atoms. The molecule has 1 fully saturated rings. The van der Waals surface area contributed by atoms with Crippen LogP contribution in [0.5, 0.6) is 0 Å². The number of hydrogen-bond acceptors (Lipinski definition) is 3. The Labute approximate surface area is 161 Å². The Kier molecular flexibility index (Phi) is 4.37. The minimum Gasteiger partial charge on any atom is -0.340 e. The number of benzene rings is 2. The van der Waals surface area contributed by atoms with Gasteiger partial charge in [-0.1, -0.05) is 42.5 Å². The van der Waals surface area contributed by atoms with Crippen molar-refractivity contribution in [2.45, 2.75) is 24.9 Å². The minimum absolute atomic E-state index is 0.0587. The van der Waals surface area contributed by atoms with Crippen LogP contribution < -0.4 is 5.32 Å². The summed E-state index contributed by atoms with van der Waals surface area (Å²) in [5.41, 5.74) is 1.11. The monoisotopic (exact) mass is 381 g/mol. The van der Waals surface area contributed by atoms with Crippen LogP contribution in [0.4, 0.5) is 9.18 Å². The molecule has 4 rings (SSSR count). The van der Waals surface area contributed by atoms with Gasteiger partial charge in [-0.2, -0.15) is 0 Å². The first-order valence-corrected chi connectivity index (χ1v) is 9.12. The number of aryl methyl sites for hydroxylation is 1. The van der Waals surface area contributed by atoms with Gasteiger partial charge in [0.05, 0.1) is 0 Å². The Morgan fingerprint density at radius 3 is 2.68 bits per heavy atom. The Bertz CT molecular complexity index is 977. The molecule has 0 saturated carbocycles. The van der Waals surface area contributed by atoms with E-state index >= 15 is 0 Å². The quantitative estimate of drug-likeness (QED) is 0.826. The zero-order valence-electron chi connectivity index (χ0n) is 15.4. The molecule has 1 aliphatic carbocycles. The zero-order chi connectivity index (χ0) is 19.9. The number of nitrogens with one attached hydrogen (secondary N) is 1. The van der Waals surface area contributed by atoms with E-state index in [1.165, 1.54) is 18.0 Å². The van der Waals surface area contributed by atoms with E-state index in [1.54, 1.807) is 18.2 Å². The number of fused-ring (bicyclic) bond motifs is 2. The third-order valence-corrected chi connectivity index (χ3v) is 5.51. The first kappa shape index (κ1) is 18.2.